The van der Waals surface area contributed by atoms with Crippen LogP contribution in [0.25, 0.3) is 5.69 Å². The Hall–Kier alpha value is -2.40. The smallest absolute Gasteiger partial charge is 0.224 e. The van der Waals surface area contributed by atoms with Crippen LogP contribution in [0.15, 0.2) is 47.7 Å². The molecule has 5 atom stereocenters. The van der Waals surface area contributed by atoms with Crippen molar-refractivity contribution in [3.8, 4) is 5.69 Å². The summed E-state index contributed by atoms with van der Waals surface area (Å²) in [5.74, 6) is -0.596. The van der Waals surface area contributed by atoms with Gasteiger partial charge in [0, 0.05) is 37.0 Å². The van der Waals surface area contributed by atoms with Gasteiger partial charge in [0.15, 0.2) is 5.17 Å². The summed E-state index contributed by atoms with van der Waals surface area (Å²) in [5, 5.41) is 31.4. The minimum Gasteiger partial charge on any atom is -0.390 e. The van der Waals surface area contributed by atoms with Gasteiger partial charge < -0.3 is 25.6 Å². The molecule has 0 unspecified atom stereocenters. The number of rotatable bonds is 6. The van der Waals surface area contributed by atoms with Crippen LogP contribution in [0.3, 0.4) is 0 Å². The van der Waals surface area contributed by atoms with Crippen molar-refractivity contribution in [3.05, 3.63) is 42.7 Å². The van der Waals surface area contributed by atoms with E-state index in [-0.39, 0.29) is 17.6 Å². The Morgan fingerprint density at radius 3 is 2.83 bits per heavy atom. The van der Waals surface area contributed by atoms with E-state index >= 15 is 0 Å². The predicted molar refractivity (Wildman–Crippen MR) is 115 cm³/mol. The van der Waals surface area contributed by atoms with Crippen molar-refractivity contribution in [2.75, 3.05) is 25.6 Å². The summed E-state index contributed by atoms with van der Waals surface area (Å²) < 4.78 is 6.74. The Morgan fingerprint density at radius 1 is 1.33 bits per heavy atom. The lowest BCUT2D eigenvalue weighted by atomic mass is 9.81. The number of carbonyl (C=O) groups excluding carboxylic acids is 1. The molecule has 0 radical (unpaired) electrons. The Morgan fingerprint density at radius 2 is 2.13 bits per heavy atom. The van der Waals surface area contributed by atoms with Crippen LogP contribution >= 0.6 is 11.8 Å². The number of hydrogen-bond donors (Lipinski definition) is 4. The highest BCUT2D eigenvalue weighted by Crippen LogP contribution is 2.41. The van der Waals surface area contributed by atoms with Gasteiger partial charge in [0.05, 0.1) is 30.4 Å². The molecular weight excluding hydrogens is 406 g/mol. The zero-order valence-electron chi connectivity index (χ0n) is 16.5. The number of carbonyl (C=O) groups is 1. The van der Waals surface area contributed by atoms with E-state index in [0.717, 1.165) is 11.4 Å². The van der Waals surface area contributed by atoms with Crippen molar-refractivity contribution in [3.63, 3.8) is 0 Å². The topological polar surface area (TPSA) is 121 Å². The Balaban J connectivity index is 1.44. The fourth-order valence-electron chi connectivity index (χ4n) is 3.76. The number of fused-ring (bicyclic) bond motifs is 1. The van der Waals surface area contributed by atoms with E-state index < -0.39 is 24.2 Å². The van der Waals surface area contributed by atoms with Crippen LogP contribution < -0.4 is 10.6 Å². The number of amidine groups is 1. The minimum absolute atomic E-state index is 0.152. The standard InChI is InChI=1S/C20H25N5O4S/c1-29-10-8-21-19(28)14-11-15(26)17(27)16-18(14)30-20(24-16)23-12-3-5-13(6-4-12)25-9-2-7-22-25/h2-7,9,14-18,26-27H,8,10-11H2,1H3,(H,21,28)(H,23,24)/t14-,15-,16-,17+,18-/m1/s1. The maximum absolute atomic E-state index is 12.6. The zero-order chi connectivity index (χ0) is 21.1. The van der Waals surface area contributed by atoms with E-state index in [9.17, 15) is 15.0 Å². The van der Waals surface area contributed by atoms with Crippen molar-refractivity contribution < 1.29 is 19.7 Å². The lowest BCUT2D eigenvalue weighted by molar-refractivity contribution is -0.129. The first-order valence-corrected chi connectivity index (χ1v) is 10.7. The minimum atomic E-state index is -0.994. The number of ether oxygens (including phenoxy) is 1. The van der Waals surface area contributed by atoms with E-state index in [1.165, 1.54) is 11.8 Å². The summed E-state index contributed by atoms with van der Waals surface area (Å²) >= 11 is 1.43. The molecule has 2 aromatic rings. The molecule has 2 heterocycles. The molecular formula is C20H25N5O4S. The first-order chi connectivity index (χ1) is 14.6. The van der Waals surface area contributed by atoms with Gasteiger partial charge in [-0.05, 0) is 36.8 Å². The molecule has 160 valence electrons. The highest BCUT2D eigenvalue weighted by atomic mass is 32.2. The Labute approximate surface area is 178 Å². The third kappa shape index (κ3) is 4.36. The molecule has 1 aliphatic carbocycles. The van der Waals surface area contributed by atoms with Crippen molar-refractivity contribution in [2.45, 2.75) is 29.9 Å². The number of amides is 1. The van der Waals surface area contributed by atoms with Crippen molar-refractivity contribution in [2.24, 2.45) is 10.9 Å². The summed E-state index contributed by atoms with van der Waals surface area (Å²) in [6.45, 7) is 0.823. The number of methoxy groups -OCH3 is 1. The molecule has 1 amide bonds. The molecule has 1 aromatic carbocycles. The molecule has 30 heavy (non-hydrogen) atoms. The SMILES string of the molecule is COCCNC(=O)[C@@H]1C[C@@H](O)[C@H](O)[C@H]2N=C(Nc3ccc(-n4cccn4)cc3)S[C@@H]21. The number of thioether (sulfide) groups is 1. The fraction of sp³-hybridized carbons (Fsp3) is 0.450. The highest BCUT2D eigenvalue weighted by molar-refractivity contribution is 8.15. The maximum atomic E-state index is 12.6. The second-order valence-corrected chi connectivity index (χ2v) is 8.48. The molecule has 1 aliphatic heterocycles. The molecule has 1 saturated carbocycles. The van der Waals surface area contributed by atoms with Gasteiger partial charge in [-0.3, -0.25) is 9.79 Å². The average molecular weight is 432 g/mol. The highest BCUT2D eigenvalue weighted by Gasteiger charge is 2.50. The number of nitrogens with one attached hydrogen (secondary N) is 2. The van der Waals surface area contributed by atoms with E-state index in [2.05, 4.69) is 20.7 Å². The monoisotopic (exact) mass is 431 g/mol. The quantitative estimate of drug-likeness (QED) is 0.495. The number of hydrogen-bond acceptors (Lipinski definition) is 8. The van der Waals surface area contributed by atoms with E-state index in [1.54, 1.807) is 18.0 Å². The van der Waals surface area contributed by atoms with Crippen LogP contribution in [-0.2, 0) is 9.53 Å². The predicted octanol–water partition coefficient (Wildman–Crippen LogP) is 0.629. The summed E-state index contributed by atoms with van der Waals surface area (Å²) in [7, 11) is 1.57. The number of aliphatic hydroxyl groups is 2. The summed E-state index contributed by atoms with van der Waals surface area (Å²) in [4.78, 5) is 17.2. The molecule has 1 fully saturated rings. The van der Waals surface area contributed by atoms with Crippen LogP contribution in [0.2, 0.25) is 0 Å². The first kappa shape index (κ1) is 20.9. The number of aromatic nitrogens is 2. The van der Waals surface area contributed by atoms with Gasteiger partial charge in [-0.1, -0.05) is 11.8 Å². The molecule has 9 nitrogen and oxygen atoms in total. The zero-order valence-corrected chi connectivity index (χ0v) is 17.3. The number of benzene rings is 1. The first-order valence-electron chi connectivity index (χ1n) is 9.81. The second kappa shape index (κ2) is 9.17. The van der Waals surface area contributed by atoms with Crippen LogP contribution in [0.4, 0.5) is 5.69 Å². The summed E-state index contributed by atoms with van der Waals surface area (Å²) in [6.07, 6.45) is 1.82. The van der Waals surface area contributed by atoms with Gasteiger partial charge in [0.25, 0.3) is 0 Å². The van der Waals surface area contributed by atoms with E-state index in [1.807, 2.05) is 36.5 Å². The Kier molecular flexibility index (Phi) is 6.38. The molecule has 0 bridgehead atoms. The van der Waals surface area contributed by atoms with E-state index in [4.69, 9.17) is 4.74 Å². The molecule has 4 rings (SSSR count). The molecule has 0 spiro atoms. The maximum Gasteiger partial charge on any atom is 0.224 e. The van der Waals surface area contributed by atoms with Crippen LogP contribution in [0, 0.1) is 5.92 Å². The van der Waals surface area contributed by atoms with Gasteiger partial charge in [-0.15, -0.1) is 0 Å². The van der Waals surface area contributed by atoms with Crippen molar-refractivity contribution >= 4 is 28.5 Å². The van der Waals surface area contributed by atoms with Crippen LogP contribution in [0.5, 0.6) is 0 Å². The van der Waals surface area contributed by atoms with Gasteiger partial charge >= 0.3 is 0 Å². The summed E-state index contributed by atoms with van der Waals surface area (Å²) in [5.41, 5.74) is 1.78. The number of anilines is 1. The second-order valence-electron chi connectivity index (χ2n) is 7.31. The van der Waals surface area contributed by atoms with Crippen LogP contribution in [-0.4, -0.2) is 74.8 Å². The number of aliphatic hydroxyl groups excluding tert-OH is 2. The molecule has 1 aromatic heterocycles. The number of nitrogens with zero attached hydrogens (tertiary/aromatic N) is 3. The molecule has 2 aliphatic rings. The Bertz CT molecular complexity index is 889. The lowest BCUT2D eigenvalue weighted by Gasteiger charge is -2.37. The molecule has 4 N–H and O–H groups in total. The third-order valence-electron chi connectivity index (χ3n) is 5.32. The lowest BCUT2D eigenvalue weighted by Crippen LogP contribution is -2.54. The average Bonchev–Trinajstić information content (AvgIpc) is 3.42. The van der Waals surface area contributed by atoms with Crippen molar-refractivity contribution in [1.82, 2.24) is 15.1 Å². The van der Waals surface area contributed by atoms with Gasteiger partial charge in [-0.25, -0.2) is 4.68 Å². The number of aliphatic imine (C=N–C) groups is 1. The summed E-state index contributed by atoms with van der Waals surface area (Å²) in [6, 6.07) is 9.03. The van der Waals surface area contributed by atoms with Crippen molar-refractivity contribution in [1.29, 1.82) is 0 Å². The third-order valence-corrected chi connectivity index (χ3v) is 6.63. The van der Waals surface area contributed by atoms with E-state index in [0.29, 0.717) is 18.3 Å². The van der Waals surface area contributed by atoms with Gasteiger partial charge in [-0.2, -0.15) is 5.10 Å². The normalized spacial score (nSPS) is 28.0. The largest absolute Gasteiger partial charge is 0.390 e. The fourth-order valence-corrected chi connectivity index (χ4v) is 5.14. The van der Waals surface area contributed by atoms with Gasteiger partial charge in [0.2, 0.25) is 5.91 Å². The van der Waals surface area contributed by atoms with Gasteiger partial charge in [0.1, 0.15) is 6.10 Å². The molecule has 0 saturated heterocycles. The molecule has 10 heteroatoms. The van der Waals surface area contributed by atoms with Crippen LogP contribution in [0.1, 0.15) is 6.42 Å².